The van der Waals surface area contributed by atoms with E-state index in [4.69, 9.17) is 5.73 Å². The maximum atomic E-state index is 7.73. The van der Waals surface area contributed by atoms with Crippen LogP contribution >= 0.6 is 0 Å². The zero-order valence-electron chi connectivity index (χ0n) is 8.45. The summed E-state index contributed by atoms with van der Waals surface area (Å²) in [6.45, 7) is 3.11. The van der Waals surface area contributed by atoms with Crippen molar-refractivity contribution in [1.29, 1.82) is 0 Å². The van der Waals surface area contributed by atoms with Crippen LogP contribution in [-0.2, 0) is 6.54 Å². The van der Waals surface area contributed by atoms with Crippen LogP contribution in [0, 0.1) is 0 Å². The third kappa shape index (κ3) is 2.56. The quantitative estimate of drug-likeness (QED) is 0.702. The van der Waals surface area contributed by atoms with E-state index in [2.05, 4.69) is 29.2 Å². The van der Waals surface area contributed by atoms with Gasteiger partial charge in [0.25, 0.3) is 0 Å². The van der Waals surface area contributed by atoms with Gasteiger partial charge < -0.3 is 10.6 Å². The van der Waals surface area contributed by atoms with Crippen LogP contribution in [0.15, 0.2) is 30.3 Å². The van der Waals surface area contributed by atoms with Gasteiger partial charge in [-0.2, -0.15) is 0 Å². The highest BCUT2D eigenvalue weighted by Gasteiger charge is 2.12. The Morgan fingerprint density at radius 1 is 1.29 bits per heavy atom. The summed E-state index contributed by atoms with van der Waals surface area (Å²) in [6, 6.07) is 10.7. The molecule has 0 spiro atoms. The number of benzene rings is 1. The summed E-state index contributed by atoms with van der Waals surface area (Å²) < 4.78 is 0. The molecular formula is C12H17N2-. The Labute approximate surface area is 85.7 Å². The minimum absolute atomic E-state index is 0.132. The van der Waals surface area contributed by atoms with Gasteiger partial charge >= 0.3 is 0 Å². The molecule has 0 radical (unpaired) electrons. The molecule has 0 bridgehead atoms. The Hall–Kier alpha value is -0.860. The molecule has 1 aromatic rings. The van der Waals surface area contributed by atoms with Gasteiger partial charge in [0.15, 0.2) is 0 Å². The number of nitrogens with one attached hydrogen (secondary N) is 1. The molecule has 76 valence electrons. The molecule has 1 saturated heterocycles. The fourth-order valence-electron chi connectivity index (χ4n) is 2.04. The SMILES string of the molecule is [NH-][C@H]1CCCN(Cc2ccccc2)C1. The second kappa shape index (κ2) is 4.58. The Morgan fingerprint density at radius 2 is 2.07 bits per heavy atom. The number of rotatable bonds is 2. The number of hydrogen-bond donors (Lipinski definition) is 0. The summed E-state index contributed by atoms with van der Waals surface area (Å²) in [5, 5.41) is 0. The van der Waals surface area contributed by atoms with Crippen molar-refractivity contribution < 1.29 is 0 Å². The molecule has 2 rings (SSSR count). The van der Waals surface area contributed by atoms with Gasteiger partial charge in [0, 0.05) is 6.54 Å². The van der Waals surface area contributed by atoms with Crippen molar-refractivity contribution in [3.63, 3.8) is 0 Å². The summed E-state index contributed by atoms with van der Waals surface area (Å²) in [5.74, 6) is 0. The lowest BCUT2D eigenvalue weighted by atomic mass is 10.1. The van der Waals surface area contributed by atoms with E-state index in [0.29, 0.717) is 0 Å². The van der Waals surface area contributed by atoms with Gasteiger partial charge in [-0.05, 0) is 25.1 Å². The van der Waals surface area contributed by atoms with E-state index in [9.17, 15) is 0 Å². The third-order valence-corrected chi connectivity index (χ3v) is 2.75. The van der Waals surface area contributed by atoms with Crippen LogP contribution in [0.3, 0.4) is 0 Å². The smallest absolute Gasteiger partial charge is 0.0233 e. The fraction of sp³-hybridized carbons (Fsp3) is 0.500. The normalized spacial score (nSPS) is 23.6. The first-order chi connectivity index (χ1) is 6.84. The molecule has 1 N–H and O–H groups in total. The van der Waals surface area contributed by atoms with E-state index < -0.39 is 0 Å². The monoisotopic (exact) mass is 189 g/mol. The second-order valence-corrected chi connectivity index (χ2v) is 4.06. The Morgan fingerprint density at radius 3 is 2.79 bits per heavy atom. The molecule has 1 aliphatic heterocycles. The van der Waals surface area contributed by atoms with E-state index in [-0.39, 0.29) is 6.04 Å². The van der Waals surface area contributed by atoms with E-state index in [0.717, 1.165) is 26.1 Å². The van der Waals surface area contributed by atoms with Crippen LogP contribution in [0.5, 0.6) is 0 Å². The van der Waals surface area contributed by atoms with Crippen LogP contribution in [0.25, 0.3) is 5.73 Å². The highest BCUT2D eigenvalue weighted by molar-refractivity contribution is 5.14. The van der Waals surface area contributed by atoms with Crippen molar-refractivity contribution in [2.45, 2.75) is 25.4 Å². The van der Waals surface area contributed by atoms with E-state index in [1.165, 1.54) is 12.0 Å². The summed E-state index contributed by atoms with van der Waals surface area (Å²) in [6.07, 6.45) is 2.26. The zero-order valence-corrected chi connectivity index (χ0v) is 8.45. The van der Waals surface area contributed by atoms with E-state index in [1.54, 1.807) is 0 Å². The lowest BCUT2D eigenvalue weighted by molar-refractivity contribution is 0.215. The van der Waals surface area contributed by atoms with Gasteiger partial charge in [-0.3, -0.25) is 0 Å². The predicted octanol–water partition coefficient (Wildman–Crippen LogP) is 2.70. The van der Waals surface area contributed by atoms with Crippen LogP contribution in [0.4, 0.5) is 0 Å². The molecule has 1 fully saturated rings. The highest BCUT2D eigenvalue weighted by Crippen LogP contribution is 2.14. The standard InChI is InChI=1S/C12H17N2/c13-12-7-4-8-14(10-12)9-11-5-2-1-3-6-11/h1-3,5-6,12-13H,4,7-10H2/q-1/t12-/m0/s1. The zero-order chi connectivity index (χ0) is 9.80. The van der Waals surface area contributed by atoms with E-state index >= 15 is 0 Å². The lowest BCUT2D eigenvalue weighted by Crippen LogP contribution is -2.35. The van der Waals surface area contributed by atoms with Crippen LogP contribution in [0.1, 0.15) is 18.4 Å². The van der Waals surface area contributed by atoms with Gasteiger partial charge in [-0.1, -0.05) is 36.8 Å². The average molecular weight is 189 g/mol. The summed E-state index contributed by atoms with van der Waals surface area (Å²) in [4.78, 5) is 2.39. The largest absolute Gasteiger partial charge is 0.674 e. The molecule has 1 atom stereocenters. The molecule has 0 amide bonds. The molecule has 1 heterocycles. The summed E-state index contributed by atoms with van der Waals surface area (Å²) in [7, 11) is 0. The molecule has 2 heteroatoms. The van der Waals surface area contributed by atoms with Crippen LogP contribution in [0.2, 0.25) is 0 Å². The van der Waals surface area contributed by atoms with Gasteiger partial charge in [-0.15, -0.1) is 6.04 Å². The molecule has 2 nitrogen and oxygen atoms in total. The minimum atomic E-state index is 0.132. The van der Waals surface area contributed by atoms with Gasteiger partial charge in [0.05, 0.1) is 0 Å². The molecule has 0 unspecified atom stereocenters. The summed E-state index contributed by atoms with van der Waals surface area (Å²) in [5.41, 5.74) is 9.09. The minimum Gasteiger partial charge on any atom is -0.674 e. The molecule has 1 aromatic carbocycles. The number of hydrogen-bond acceptors (Lipinski definition) is 1. The predicted molar refractivity (Wildman–Crippen MR) is 59.1 cm³/mol. The highest BCUT2D eigenvalue weighted by atomic mass is 15.1. The first-order valence-corrected chi connectivity index (χ1v) is 5.32. The topological polar surface area (TPSA) is 27.0 Å². The first kappa shape index (κ1) is 9.69. The summed E-state index contributed by atoms with van der Waals surface area (Å²) >= 11 is 0. The van der Waals surface area contributed by atoms with Crippen molar-refractivity contribution in [1.82, 2.24) is 4.90 Å². The Bertz CT molecular complexity index is 271. The Balaban J connectivity index is 1.91. The van der Waals surface area contributed by atoms with Crippen molar-refractivity contribution in [3.05, 3.63) is 41.6 Å². The van der Waals surface area contributed by atoms with Crippen molar-refractivity contribution in [2.24, 2.45) is 0 Å². The number of piperidine rings is 1. The van der Waals surface area contributed by atoms with Crippen molar-refractivity contribution in [3.8, 4) is 0 Å². The molecule has 0 saturated carbocycles. The maximum Gasteiger partial charge on any atom is 0.0233 e. The molecule has 0 aliphatic carbocycles. The maximum absolute atomic E-state index is 7.73. The number of nitrogens with zero attached hydrogens (tertiary/aromatic N) is 1. The fourth-order valence-corrected chi connectivity index (χ4v) is 2.04. The van der Waals surface area contributed by atoms with Gasteiger partial charge in [-0.25, -0.2) is 0 Å². The second-order valence-electron chi connectivity index (χ2n) is 4.06. The molecular weight excluding hydrogens is 172 g/mol. The van der Waals surface area contributed by atoms with Crippen LogP contribution in [-0.4, -0.2) is 24.0 Å². The Kier molecular flexibility index (Phi) is 3.17. The van der Waals surface area contributed by atoms with Gasteiger partial charge in [0.2, 0.25) is 0 Å². The van der Waals surface area contributed by atoms with E-state index in [1.807, 2.05) is 6.07 Å². The molecule has 14 heavy (non-hydrogen) atoms. The van der Waals surface area contributed by atoms with Crippen molar-refractivity contribution >= 4 is 0 Å². The molecule has 1 aliphatic rings. The first-order valence-electron chi connectivity index (χ1n) is 5.32. The third-order valence-electron chi connectivity index (χ3n) is 2.75. The molecule has 0 aromatic heterocycles. The van der Waals surface area contributed by atoms with Crippen molar-refractivity contribution in [2.75, 3.05) is 13.1 Å². The van der Waals surface area contributed by atoms with Gasteiger partial charge in [0.1, 0.15) is 0 Å². The lowest BCUT2D eigenvalue weighted by Gasteiger charge is -2.35. The van der Waals surface area contributed by atoms with Crippen LogP contribution < -0.4 is 0 Å². The number of likely N-dealkylation sites (tertiary alicyclic amines) is 1. The average Bonchev–Trinajstić information content (AvgIpc) is 2.19.